The molecule has 2 aromatic rings. The van der Waals surface area contributed by atoms with Crippen molar-refractivity contribution in [3.8, 4) is 23.0 Å². The molecule has 0 radical (unpaired) electrons. The predicted octanol–water partition coefficient (Wildman–Crippen LogP) is 3.78. The number of rotatable bonds is 6. The lowest BCUT2D eigenvalue weighted by atomic mass is 9.97. The van der Waals surface area contributed by atoms with Crippen LogP contribution in [0.15, 0.2) is 43.0 Å². The van der Waals surface area contributed by atoms with Gasteiger partial charge in [-0.15, -0.1) is 0 Å². The first-order chi connectivity index (χ1) is 10.6. The molecule has 2 aromatic carbocycles. The topological polar surface area (TPSA) is 36.9 Å². The number of methoxy groups -OCH3 is 4. The highest BCUT2D eigenvalue weighted by atomic mass is 16.5. The van der Waals surface area contributed by atoms with Gasteiger partial charge in [-0.2, -0.15) is 0 Å². The van der Waals surface area contributed by atoms with E-state index in [2.05, 4.69) is 6.58 Å². The molecule has 0 fully saturated rings. The molecule has 0 N–H and O–H groups in total. The van der Waals surface area contributed by atoms with E-state index in [0.717, 1.165) is 28.2 Å². The van der Waals surface area contributed by atoms with Crippen molar-refractivity contribution in [1.82, 2.24) is 0 Å². The van der Waals surface area contributed by atoms with Gasteiger partial charge in [-0.25, -0.2) is 0 Å². The van der Waals surface area contributed by atoms with Crippen molar-refractivity contribution in [3.63, 3.8) is 0 Å². The molecule has 0 aromatic heterocycles. The van der Waals surface area contributed by atoms with E-state index >= 15 is 0 Å². The Hall–Kier alpha value is -2.62. The fourth-order valence-electron chi connectivity index (χ4n) is 2.24. The van der Waals surface area contributed by atoms with E-state index in [4.69, 9.17) is 18.9 Å². The lowest BCUT2D eigenvalue weighted by Crippen LogP contribution is -1.97. The Morgan fingerprint density at radius 1 is 0.682 bits per heavy atom. The average molecular weight is 300 g/mol. The predicted molar refractivity (Wildman–Crippen MR) is 87.2 cm³/mol. The largest absolute Gasteiger partial charge is 0.497 e. The average Bonchev–Trinajstić information content (AvgIpc) is 2.59. The zero-order valence-electron chi connectivity index (χ0n) is 13.3. The third-order valence-corrected chi connectivity index (χ3v) is 3.47. The quantitative estimate of drug-likeness (QED) is 0.813. The van der Waals surface area contributed by atoms with Gasteiger partial charge in [0.15, 0.2) is 0 Å². The molecule has 0 atom stereocenters. The Balaban J connectivity index is 2.48. The van der Waals surface area contributed by atoms with Gasteiger partial charge in [-0.05, 0) is 29.8 Å². The summed E-state index contributed by atoms with van der Waals surface area (Å²) in [6, 6.07) is 11.2. The van der Waals surface area contributed by atoms with Crippen LogP contribution in [-0.2, 0) is 0 Å². The first-order valence-electron chi connectivity index (χ1n) is 6.78. The van der Waals surface area contributed by atoms with E-state index in [9.17, 15) is 0 Å². The molecule has 0 aliphatic heterocycles. The van der Waals surface area contributed by atoms with Crippen molar-refractivity contribution in [2.24, 2.45) is 0 Å². The summed E-state index contributed by atoms with van der Waals surface area (Å²) in [5.41, 5.74) is 2.57. The summed E-state index contributed by atoms with van der Waals surface area (Å²) >= 11 is 0. The van der Waals surface area contributed by atoms with Gasteiger partial charge in [0, 0.05) is 23.3 Å². The summed E-state index contributed by atoms with van der Waals surface area (Å²) in [6.45, 7) is 4.18. The minimum atomic E-state index is 0.697. The van der Waals surface area contributed by atoms with Crippen molar-refractivity contribution >= 4 is 5.57 Å². The maximum Gasteiger partial charge on any atom is 0.130 e. The highest BCUT2D eigenvalue weighted by Crippen LogP contribution is 2.37. The van der Waals surface area contributed by atoms with Gasteiger partial charge in [0.25, 0.3) is 0 Å². The Kier molecular flexibility index (Phi) is 4.94. The Bertz CT molecular complexity index is 619. The smallest absolute Gasteiger partial charge is 0.130 e. The zero-order chi connectivity index (χ0) is 16.1. The second kappa shape index (κ2) is 6.89. The lowest BCUT2D eigenvalue weighted by molar-refractivity contribution is 0.392. The summed E-state index contributed by atoms with van der Waals surface area (Å²) in [4.78, 5) is 0. The van der Waals surface area contributed by atoms with E-state index in [0.29, 0.717) is 11.5 Å². The maximum atomic E-state index is 5.44. The van der Waals surface area contributed by atoms with Gasteiger partial charge in [0.05, 0.1) is 28.4 Å². The van der Waals surface area contributed by atoms with Crippen LogP contribution in [0.4, 0.5) is 0 Å². The highest BCUT2D eigenvalue weighted by molar-refractivity contribution is 5.84. The minimum Gasteiger partial charge on any atom is -0.497 e. The first-order valence-corrected chi connectivity index (χ1v) is 6.78. The van der Waals surface area contributed by atoms with Crippen LogP contribution < -0.4 is 18.9 Å². The van der Waals surface area contributed by atoms with Crippen LogP contribution in [0.3, 0.4) is 0 Å². The maximum absolute atomic E-state index is 5.44. The van der Waals surface area contributed by atoms with Crippen LogP contribution in [0.5, 0.6) is 23.0 Å². The summed E-state index contributed by atoms with van der Waals surface area (Å²) in [7, 11) is 6.49. The Morgan fingerprint density at radius 3 is 1.41 bits per heavy atom. The molecule has 0 bridgehead atoms. The van der Waals surface area contributed by atoms with Gasteiger partial charge in [-0.1, -0.05) is 6.58 Å². The van der Waals surface area contributed by atoms with Crippen LogP contribution >= 0.6 is 0 Å². The summed E-state index contributed by atoms with van der Waals surface area (Å²) < 4.78 is 21.3. The van der Waals surface area contributed by atoms with Crippen LogP contribution in [0.2, 0.25) is 0 Å². The van der Waals surface area contributed by atoms with Crippen molar-refractivity contribution in [1.29, 1.82) is 0 Å². The second-order valence-corrected chi connectivity index (χ2v) is 4.61. The molecule has 0 aliphatic carbocycles. The molecule has 116 valence electrons. The first kappa shape index (κ1) is 15.8. The Morgan fingerprint density at radius 2 is 1.09 bits per heavy atom. The van der Waals surface area contributed by atoms with E-state index in [1.807, 2.05) is 36.4 Å². The van der Waals surface area contributed by atoms with Crippen molar-refractivity contribution < 1.29 is 18.9 Å². The Labute approximate surface area is 130 Å². The fraction of sp³-hybridized carbons (Fsp3) is 0.222. The van der Waals surface area contributed by atoms with E-state index in [-0.39, 0.29) is 0 Å². The monoisotopic (exact) mass is 300 g/mol. The SMILES string of the molecule is C=C(c1ccc(OC)cc1OC)c1ccc(OC)cc1OC. The summed E-state index contributed by atoms with van der Waals surface area (Å²) in [5.74, 6) is 2.86. The summed E-state index contributed by atoms with van der Waals surface area (Å²) in [5, 5.41) is 0. The standard InChI is InChI=1S/C18H20O4/c1-12(15-8-6-13(19-2)10-17(15)21-4)16-9-7-14(20-3)11-18(16)22-5/h6-11H,1H2,2-5H3. The van der Waals surface area contributed by atoms with E-state index in [1.165, 1.54) is 0 Å². The molecule has 0 aliphatic rings. The lowest BCUT2D eigenvalue weighted by Gasteiger charge is -2.16. The van der Waals surface area contributed by atoms with Gasteiger partial charge in [-0.3, -0.25) is 0 Å². The van der Waals surface area contributed by atoms with Gasteiger partial charge < -0.3 is 18.9 Å². The molecular formula is C18H20O4. The molecule has 2 rings (SSSR count). The van der Waals surface area contributed by atoms with Crippen molar-refractivity contribution in [3.05, 3.63) is 54.1 Å². The molecule has 0 unspecified atom stereocenters. The molecule has 0 saturated carbocycles. The zero-order valence-corrected chi connectivity index (χ0v) is 13.3. The molecule has 0 amide bonds. The van der Waals surface area contributed by atoms with Crippen molar-refractivity contribution in [2.75, 3.05) is 28.4 Å². The fourth-order valence-corrected chi connectivity index (χ4v) is 2.24. The molecule has 22 heavy (non-hydrogen) atoms. The highest BCUT2D eigenvalue weighted by Gasteiger charge is 2.14. The summed E-state index contributed by atoms with van der Waals surface area (Å²) in [6.07, 6.45) is 0. The van der Waals surface area contributed by atoms with Crippen molar-refractivity contribution in [2.45, 2.75) is 0 Å². The van der Waals surface area contributed by atoms with Crippen LogP contribution in [0.1, 0.15) is 11.1 Å². The third kappa shape index (κ3) is 3.01. The molecule has 4 nitrogen and oxygen atoms in total. The number of ether oxygens (including phenoxy) is 4. The molecule has 4 heteroatoms. The van der Waals surface area contributed by atoms with Crippen LogP contribution in [-0.4, -0.2) is 28.4 Å². The van der Waals surface area contributed by atoms with E-state index in [1.54, 1.807) is 28.4 Å². The van der Waals surface area contributed by atoms with Crippen LogP contribution in [0, 0.1) is 0 Å². The van der Waals surface area contributed by atoms with Gasteiger partial charge in [0.2, 0.25) is 0 Å². The molecular weight excluding hydrogens is 280 g/mol. The number of hydrogen-bond acceptors (Lipinski definition) is 4. The number of hydrogen-bond donors (Lipinski definition) is 0. The normalized spacial score (nSPS) is 10.0. The minimum absolute atomic E-state index is 0.697. The number of benzene rings is 2. The molecule has 0 heterocycles. The van der Waals surface area contributed by atoms with Gasteiger partial charge in [0.1, 0.15) is 23.0 Å². The van der Waals surface area contributed by atoms with Crippen LogP contribution in [0.25, 0.3) is 5.57 Å². The van der Waals surface area contributed by atoms with Gasteiger partial charge >= 0.3 is 0 Å². The molecule has 0 saturated heterocycles. The third-order valence-electron chi connectivity index (χ3n) is 3.47. The van der Waals surface area contributed by atoms with E-state index < -0.39 is 0 Å². The second-order valence-electron chi connectivity index (χ2n) is 4.61. The molecule has 0 spiro atoms.